The summed E-state index contributed by atoms with van der Waals surface area (Å²) < 4.78 is 0. The van der Waals surface area contributed by atoms with Gasteiger partial charge in [-0.25, -0.2) is 4.98 Å². The Morgan fingerprint density at radius 3 is 2.71 bits per heavy atom. The van der Waals surface area contributed by atoms with Crippen LogP contribution < -0.4 is 10.2 Å². The average molecular weight is 308 g/mol. The van der Waals surface area contributed by atoms with E-state index in [1.165, 1.54) is 41.4 Å². The summed E-state index contributed by atoms with van der Waals surface area (Å²) in [5.74, 6) is 0. The molecule has 1 N–H and O–H groups in total. The number of nitrogens with one attached hydrogen (secondary N) is 1. The van der Waals surface area contributed by atoms with Gasteiger partial charge < -0.3 is 10.2 Å². The molecule has 0 aliphatic heterocycles. The van der Waals surface area contributed by atoms with Crippen molar-refractivity contribution in [1.82, 2.24) is 10.3 Å². The zero-order valence-electron chi connectivity index (χ0n) is 13.9. The van der Waals surface area contributed by atoms with Gasteiger partial charge in [-0.3, -0.25) is 0 Å². The maximum atomic E-state index is 5.04. The third kappa shape index (κ3) is 3.26. The van der Waals surface area contributed by atoms with Crippen LogP contribution in [-0.4, -0.2) is 24.1 Å². The molecule has 1 saturated carbocycles. The van der Waals surface area contributed by atoms with Crippen molar-refractivity contribution in [2.75, 3.05) is 18.0 Å². The number of anilines is 1. The van der Waals surface area contributed by atoms with Gasteiger partial charge in [-0.05, 0) is 51.0 Å². The molecule has 2 aliphatic rings. The van der Waals surface area contributed by atoms with Crippen LogP contribution in [0.3, 0.4) is 0 Å². The van der Waals surface area contributed by atoms with Gasteiger partial charge in [0.25, 0.3) is 0 Å². The van der Waals surface area contributed by atoms with Gasteiger partial charge in [0.15, 0.2) is 5.13 Å². The Kier molecular flexibility index (Phi) is 4.28. The first-order valence-corrected chi connectivity index (χ1v) is 9.35. The maximum absolute atomic E-state index is 5.04. The van der Waals surface area contributed by atoms with Crippen molar-refractivity contribution in [2.45, 2.75) is 71.9 Å². The molecule has 1 aromatic rings. The molecule has 1 atom stereocenters. The van der Waals surface area contributed by atoms with Gasteiger partial charge in [0.1, 0.15) is 0 Å². The third-order valence-electron chi connectivity index (χ3n) is 4.65. The molecule has 0 aromatic carbocycles. The summed E-state index contributed by atoms with van der Waals surface area (Å²) in [6.07, 6.45) is 6.26. The number of aromatic nitrogens is 1. The zero-order chi connectivity index (χ0) is 15.0. The highest BCUT2D eigenvalue weighted by Gasteiger charge is 2.37. The van der Waals surface area contributed by atoms with Crippen LogP contribution in [0.15, 0.2) is 0 Å². The lowest BCUT2D eigenvalue weighted by Crippen LogP contribution is -2.33. The van der Waals surface area contributed by atoms with Crippen LogP contribution in [0, 0.1) is 5.41 Å². The molecule has 1 heterocycles. The van der Waals surface area contributed by atoms with E-state index in [9.17, 15) is 0 Å². The molecule has 0 saturated heterocycles. The third-order valence-corrected chi connectivity index (χ3v) is 5.90. The van der Waals surface area contributed by atoms with E-state index >= 15 is 0 Å². The number of fused-ring (bicyclic) bond motifs is 1. The van der Waals surface area contributed by atoms with Crippen molar-refractivity contribution in [3.63, 3.8) is 0 Å². The van der Waals surface area contributed by atoms with Gasteiger partial charge in [-0.1, -0.05) is 32.1 Å². The highest BCUT2D eigenvalue weighted by molar-refractivity contribution is 7.15. The molecular weight excluding hydrogens is 278 g/mol. The first kappa shape index (κ1) is 15.3. The largest absolute Gasteiger partial charge is 0.345 e. The highest BCUT2D eigenvalue weighted by Crippen LogP contribution is 2.46. The van der Waals surface area contributed by atoms with E-state index in [0.29, 0.717) is 11.5 Å². The summed E-state index contributed by atoms with van der Waals surface area (Å²) in [7, 11) is 0. The highest BCUT2D eigenvalue weighted by atomic mass is 32.1. The molecule has 4 heteroatoms. The van der Waals surface area contributed by atoms with Gasteiger partial charge in [-0.2, -0.15) is 0 Å². The molecule has 1 fully saturated rings. The summed E-state index contributed by atoms with van der Waals surface area (Å²) in [5.41, 5.74) is 1.72. The fourth-order valence-corrected chi connectivity index (χ4v) is 4.75. The number of nitrogens with zero attached hydrogens (tertiary/aromatic N) is 2. The van der Waals surface area contributed by atoms with Crippen LogP contribution in [-0.2, 0) is 6.42 Å². The Balaban J connectivity index is 1.87. The topological polar surface area (TPSA) is 28.2 Å². The minimum absolute atomic E-state index is 0.361. The lowest BCUT2D eigenvalue weighted by atomic mass is 9.76. The van der Waals surface area contributed by atoms with Gasteiger partial charge in [0.05, 0.1) is 5.69 Å². The fraction of sp³-hybridized carbons (Fsp3) is 0.824. The van der Waals surface area contributed by atoms with E-state index in [4.69, 9.17) is 4.98 Å². The Hall–Kier alpha value is -0.610. The van der Waals surface area contributed by atoms with Crippen LogP contribution in [0.1, 0.15) is 70.0 Å². The lowest BCUT2D eigenvalue weighted by Gasteiger charge is -2.34. The fourth-order valence-electron chi connectivity index (χ4n) is 3.46. The molecule has 3 rings (SSSR count). The molecule has 0 spiro atoms. The van der Waals surface area contributed by atoms with E-state index in [2.05, 4.69) is 37.9 Å². The average Bonchev–Trinajstić information content (AvgIpc) is 3.16. The van der Waals surface area contributed by atoms with Crippen LogP contribution in [0.5, 0.6) is 0 Å². The number of rotatable bonds is 6. The molecule has 1 aromatic heterocycles. The minimum Gasteiger partial charge on any atom is -0.345 e. The Labute approximate surface area is 133 Å². The standard InChI is InChI=1S/C17H29N3S/c1-5-9-18-13-10-17(3,4)11-14-15(13)21-16(19-14)20(6-2)12-7-8-12/h12-13,18H,5-11H2,1-4H3. The Morgan fingerprint density at radius 1 is 1.33 bits per heavy atom. The molecule has 3 nitrogen and oxygen atoms in total. The smallest absolute Gasteiger partial charge is 0.186 e. The van der Waals surface area contributed by atoms with Crippen molar-refractivity contribution in [2.24, 2.45) is 5.41 Å². The van der Waals surface area contributed by atoms with E-state index in [1.807, 2.05) is 11.3 Å². The Bertz CT molecular complexity index is 490. The molecule has 2 aliphatic carbocycles. The SMILES string of the molecule is CCCNC1CC(C)(C)Cc2nc(N(CC)C3CC3)sc21. The van der Waals surface area contributed by atoms with Crippen molar-refractivity contribution in [3.8, 4) is 0 Å². The predicted octanol–water partition coefficient (Wildman–Crippen LogP) is 4.14. The molecule has 118 valence electrons. The molecular formula is C17H29N3S. The second-order valence-corrected chi connectivity index (χ2v) is 8.39. The minimum atomic E-state index is 0.361. The van der Waals surface area contributed by atoms with E-state index in [-0.39, 0.29) is 0 Å². The monoisotopic (exact) mass is 307 g/mol. The zero-order valence-corrected chi connectivity index (χ0v) is 14.7. The van der Waals surface area contributed by atoms with Crippen molar-refractivity contribution >= 4 is 16.5 Å². The normalized spacial score (nSPS) is 23.9. The molecule has 0 bridgehead atoms. The second-order valence-electron chi connectivity index (χ2n) is 7.38. The van der Waals surface area contributed by atoms with Crippen molar-refractivity contribution < 1.29 is 0 Å². The molecule has 0 amide bonds. The summed E-state index contributed by atoms with van der Waals surface area (Å²) >= 11 is 1.95. The number of hydrogen-bond donors (Lipinski definition) is 1. The maximum Gasteiger partial charge on any atom is 0.186 e. The first-order valence-electron chi connectivity index (χ1n) is 8.53. The van der Waals surface area contributed by atoms with Gasteiger partial charge in [-0.15, -0.1) is 0 Å². The molecule has 0 radical (unpaired) electrons. The van der Waals surface area contributed by atoms with Crippen molar-refractivity contribution in [3.05, 3.63) is 10.6 Å². The summed E-state index contributed by atoms with van der Waals surface area (Å²) in [4.78, 5) is 9.07. The Morgan fingerprint density at radius 2 is 2.10 bits per heavy atom. The molecule has 21 heavy (non-hydrogen) atoms. The van der Waals surface area contributed by atoms with Crippen molar-refractivity contribution in [1.29, 1.82) is 0 Å². The van der Waals surface area contributed by atoms with E-state index in [0.717, 1.165) is 25.6 Å². The van der Waals surface area contributed by atoms with Crippen LogP contribution in [0.4, 0.5) is 5.13 Å². The number of hydrogen-bond acceptors (Lipinski definition) is 4. The summed E-state index contributed by atoms with van der Waals surface area (Å²) in [6, 6.07) is 1.27. The predicted molar refractivity (Wildman–Crippen MR) is 91.3 cm³/mol. The summed E-state index contributed by atoms with van der Waals surface area (Å²) in [6.45, 7) is 11.5. The van der Waals surface area contributed by atoms with Crippen LogP contribution >= 0.6 is 11.3 Å². The first-order chi connectivity index (χ1) is 10.0. The quantitative estimate of drug-likeness (QED) is 0.856. The van der Waals surface area contributed by atoms with Gasteiger partial charge >= 0.3 is 0 Å². The van der Waals surface area contributed by atoms with Crippen LogP contribution in [0.2, 0.25) is 0 Å². The van der Waals surface area contributed by atoms with E-state index < -0.39 is 0 Å². The lowest BCUT2D eigenvalue weighted by molar-refractivity contribution is 0.258. The second kappa shape index (κ2) is 5.88. The number of thiazole rings is 1. The van der Waals surface area contributed by atoms with Gasteiger partial charge in [0, 0.05) is 23.5 Å². The summed E-state index contributed by atoms with van der Waals surface area (Å²) in [5, 5.41) is 5.02. The van der Waals surface area contributed by atoms with Crippen LogP contribution in [0.25, 0.3) is 0 Å². The molecule has 1 unspecified atom stereocenters. The van der Waals surface area contributed by atoms with Gasteiger partial charge in [0.2, 0.25) is 0 Å². The van der Waals surface area contributed by atoms with E-state index in [1.54, 1.807) is 0 Å².